The standard InChI is InChI=1S/C11H11ClN2O/c12-6-2-1-3-8-4-5-10-9(7-8)11(13)14-15-10/h1,3-5,7H,2,6H2,(H2,13,14). The summed E-state index contributed by atoms with van der Waals surface area (Å²) < 4.78 is 5.01. The molecule has 0 spiro atoms. The van der Waals surface area contributed by atoms with Crippen LogP contribution in [0.15, 0.2) is 28.8 Å². The van der Waals surface area contributed by atoms with E-state index in [1.165, 1.54) is 0 Å². The molecule has 78 valence electrons. The second kappa shape index (κ2) is 4.36. The van der Waals surface area contributed by atoms with Crippen molar-refractivity contribution >= 4 is 34.5 Å². The summed E-state index contributed by atoms with van der Waals surface area (Å²) in [7, 11) is 0. The fraction of sp³-hybridized carbons (Fsp3) is 0.182. The Morgan fingerprint density at radius 2 is 2.33 bits per heavy atom. The van der Waals surface area contributed by atoms with E-state index in [9.17, 15) is 0 Å². The Morgan fingerprint density at radius 3 is 3.13 bits per heavy atom. The van der Waals surface area contributed by atoms with Crippen molar-refractivity contribution in [1.29, 1.82) is 0 Å². The lowest BCUT2D eigenvalue weighted by Gasteiger charge is -1.93. The highest BCUT2D eigenvalue weighted by molar-refractivity contribution is 6.17. The van der Waals surface area contributed by atoms with Crippen LogP contribution >= 0.6 is 11.6 Å². The summed E-state index contributed by atoms with van der Waals surface area (Å²) in [5, 5.41) is 4.54. The average Bonchev–Trinajstić information content (AvgIpc) is 2.61. The summed E-state index contributed by atoms with van der Waals surface area (Å²) in [5.41, 5.74) is 7.43. The SMILES string of the molecule is Nc1noc2ccc(C=CCCCl)cc12. The molecule has 2 rings (SSSR count). The summed E-state index contributed by atoms with van der Waals surface area (Å²) in [6, 6.07) is 5.77. The number of allylic oxidation sites excluding steroid dienone is 1. The van der Waals surface area contributed by atoms with Gasteiger partial charge in [0.15, 0.2) is 11.4 Å². The molecular formula is C11H11ClN2O. The summed E-state index contributed by atoms with van der Waals surface area (Å²) >= 11 is 5.57. The Morgan fingerprint density at radius 1 is 1.47 bits per heavy atom. The normalized spacial score (nSPS) is 11.5. The number of nitrogens with zero attached hydrogens (tertiary/aromatic N) is 1. The average molecular weight is 223 g/mol. The number of benzene rings is 1. The zero-order chi connectivity index (χ0) is 10.7. The number of anilines is 1. The maximum Gasteiger partial charge on any atom is 0.174 e. The van der Waals surface area contributed by atoms with E-state index in [0.717, 1.165) is 17.4 Å². The number of fused-ring (bicyclic) bond motifs is 1. The zero-order valence-corrected chi connectivity index (χ0v) is 8.87. The molecule has 0 aliphatic carbocycles. The molecule has 0 aliphatic heterocycles. The van der Waals surface area contributed by atoms with Gasteiger partial charge in [0.05, 0.1) is 5.39 Å². The number of hydrogen-bond acceptors (Lipinski definition) is 3. The predicted molar refractivity (Wildman–Crippen MR) is 62.8 cm³/mol. The van der Waals surface area contributed by atoms with Crippen LogP contribution < -0.4 is 5.73 Å². The van der Waals surface area contributed by atoms with Crippen molar-refractivity contribution in [2.45, 2.75) is 6.42 Å². The van der Waals surface area contributed by atoms with E-state index >= 15 is 0 Å². The Hall–Kier alpha value is -1.48. The van der Waals surface area contributed by atoms with Crippen LogP contribution in [0.4, 0.5) is 5.82 Å². The number of nitrogens with two attached hydrogens (primary N) is 1. The van der Waals surface area contributed by atoms with Crippen LogP contribution in [0.1, 0.15) is 12.0 Å². The number of alkyl halides is 1. The van der Waals surface area contributed by atoms with Crippen molar-refractivity contribution in [2.24, 2.45) is 0 Å². The first kappa shape index (κ1) is 10.1. The third-order valence-electron chi connectivity index (χ3n) is 2.11. The van der Waals surface area contributed by atoms with E-state index in [4.69, 9.17) is 21.9 Å². The lowest BCUT2D eigenvalue weighted by molar-refractivity contribution is 0.460. The second-order valence-electron chi connectivity index (χ2n) is 3.20. The molecule has 0 atom stereocenters. The predicted octanol–water partition coefficient (Wildman–Crippen LogP) is 3.05. The molecule has 0 saturated carbocycles. The first-order chi connectivity index (χ1) is 7.31. The number of nitrogen functional groups attached to an aromatic ring is 1. The molecule has 15 heavy (non-hydrogen) atoms. The van der Waals surface area contributed by atoms with Crippen molar-refractivity contribution in [3.05, 3.63) is 29.8 Å². The number of hydrogen-bond donors (Lipinski definition) is 1. The molecule has 0 amide bonds. The number of halogens is 1. The molecule has 0 aliphatic rings. The van der Waals surface area contributed by atoms with E-state index in [-0.39, 0.29) is 0 Å². The Labute approximate surface area is 92.5 Å². The zero-order valence-electron chi connectivity index (χ0n) is 8.11. The number of rotatable bonds is 3. The molecule has 0 bridgehead atoms. The Kier molecular flexibility index (Phi) is 2.92. The highest BCUT2D eigenvalue weighted by Crippen LogP contribution is 2.22. The van der Waals surface area contributed by atoms with Crippen LogP contribution in [0, 0.1) is 0 Å². The third-order valence-corrected chi connectivity index (χ3v) is 2.33. The molecule has 3 nitrogen and oxygen atoms in total. The first-order valence-electron chi connectivity index (χ1n) is 4.68. The van der Waals surface area contributed by atoms with E-state index in [1.807, 2.05) is 30.4 Å². The van der Waals surface area contributed by atoms with Gasteiger partial charge in [-0.3, -0.25) is 0 Å². The largest absolute Gasteiger partial charge is 0.380 e. The van der Waals surface area contributed by atoms with Crippen LogP contribution in [0.3, 0.4) is 0 Å². The van der Waals surface area contributed by atoms with E-state index in [2.05, 4.69) is 5.16 Å². The maximum absolute atomic E-state index is 5.65. The van der Waals surface area contributed by atoms with Crippen molar-refractivity contribution in [3.8, 4) is 0 Å². The molecule has 1 aromatic carbocycles. The van der Waals surface area contributed by atoms with Crippen LogP contribution in [-0.4, -0.2) is 11.0 Å². The molecule has 2 N–H and O–H groups in total. The second-order valence-corrected chi connectivity index (χ2v) is 3.58. The minimum Gasteiger partial charge on any atom is -0.380 e. The summed E-state index contributed by atoms with van der Waals surface area (Å²) in [4.78, 5) is 0. The lowest BCUT2D eigenvalue weighted by atomic mass is 10.1. The van der Waals surface area contributed by atoms with Crippen LogP contribution in [-0.2, 0) is 0 Å². The van der Waals surface area contributed by atoms with Crippen molar-refractivity contribution in [2.75, 3.05) is 11.6 Å². The van der Waals surface area contributed by atoms with Gasteiger partial charge in [0.1, 0.15) is 0 Å². The smallest absolute Gasteiger partial charge is 0.174 e. The van der Waals surface area contributed by atoms with Gasteiger partial charge in [-0.05, 0) is 24.1 Å². The van der Waals surface area contributed by atoms with Crippen LogP contribution in [0.5, 0.6) is 0 Å². The monoisotopic (exact) mass is 222 g/mol. The van der Waals surface area contributed by atoms with Gasteiger partial charge >= 0.3 is 0 Å². The molecule has 2 aromatic rings. The van der Waals surface area contributed by atoms with Gasteiger partial charge in [0.2, 0.25) is 0 Å². The van der Waals surface area contributed by atoms with E-state index in [0.29, 0.717) is 17.3 Å². The Bertz CT molecular complexity index is 490. The van der Waals surface area contributed by atoms with Gasteiger partial charge in [-0.1, -0.05) is 23.4 Å². The minimum absolute atomic E-state index is 0.428. The summed E-state index contributed by atoms with van der Waals surface area (Å²) in [6.45, 7) is 0. The van der Waals surface area contributed by atoms with Crippen LogP contribution in [0.2, 0.25) is 0 Å². The van der Waals surface area contributed by atoms with Gasteiger partial charge in [0.25, 0.3) is 0 Å². The summed E-state index contributed by atoms with van der Waals surface area (Å²) in [5.74, 6) is 1.06. The fourth-order valence-corrected chi connectivity index (χ4v) is 1.49. The molecule has 4 heteroatoms. The quantitative estimate of drug-likeness (QED) is 0.813. The third kappa shape index (κ3) is 2.13. The molecule has 1 heterocycles. The number of aromatic nitrogens is 1. The maximum atomic E-state index is 5.65. The molecule has 0 radical (unpaired) electrons. The molecular weight excluding hydrogens is 212 g/mol. The fourth-order valence-electron chi connectivity index (χ4n) is 1.36. The van der Waals surface area contributed by atoms with Crippen LogP contribution in [0.25, 0.3) is 17.0 Å². The minimum atomic E-state index is 0.428. The van der Waals surface area contributed by atoms with Gasteiger partial charge in [0, 0.05) is 5.88 Å². The van der Waals surface area contributed by atoms with E-state index in [1.54, 1.807) is 0 Å². The molecule has 1 aromatic heterocycles. The molecule has 0 fully saturated rings. The lowest BCUT2D eigenvalue weighted by Crippen LogP contribution is -1.83. The van der Waals surface area contributed by atoms with Crippen molar-refractivity contribution in [1.82, 2.24) is 5.16 Å². The topological polar surface area (TPSA) is 52.0 Å². The van der Waals surface area contributed by atoms with Crippen molar-refractivity contribution < 1.29 is 4.52 Å². The van der Waals surface area contributed by atoms with Crippen molar-refractivity contribution in [3.63, 3.8) is 0 Å². The van der Waals surface area contributed by atoms with Gasteiger partial charge < -0.3 is 10.3 Å². The highest BCUT2D eigenvalue weighted by Gasteiger charge is 2.03. The first-order valence-corrected chi connectivity index (χ1v) is 5.22. The summed E-state index contributed by atoms with van der Waals surface area (Å²) in [6.07, 6.45) is 4.89. The molecule has 0 saturated heterocycles. The molecule has 0 unspecified atom stereocenters. The van der Waals surface area contributed by atoms with Gasteiger partial charge in [-0.25, -0.2) is 0 Å². The van der Waals surface area contributed by atoms with E-state index < -0.39 is 0 Å². The highest BCUT2D eigenvalue weighted by atomic mass is 35.5. The van der Waals surface area contributed by atoms with Gasteiger partial charge in [-0.2, -0.15) is 0 Å². The van der Waals surface area contributed by atoms with Gasteiger partial charge in [-0.15, -0.1) is 11.6 Å². The Balaban J connectivity index is 2.33.